The van der Waals surface area contributed by atoms with E-state index in [4.69, 9.17) is 5.73 Å². The topological polar surface area (TPSA) is 85.0 Å². The molecule has 1 aromatic heterocycles. The van der Waals surface area contributed by atoms with Crippen LogP contribution < -0.4 is 16.4 Å². The van der Waals surface area contributed by atoms with Crippen LogP contribution in [0, 0.1) is 0 Å². The van der Waals surface area contributed by atoms with Crippen LogP contribution in [-0.4, -0.2) is 15.8 Å². The molecule has 0 radical (unpaired) electrons. The third-order valence-electron chi connectivity index (χ3n) is 2.63. The molecule has 2 rings (SSSR count). The third-order valence-corrected chi connectivity index (χ3v) is 2.63. The van der Waals surface area contributed by atoms with Crippen molar-refractivity contribution in [2.75, 3.05) is 10.6 Å². The Hall–Kier alpha value is -2.34. The Kier molecular flexibility index (Phi) is 3.82. The maximum absolute atomic E-state index is 11.8. The van der Waals surface area contributed by atoms with Crippen LogP contribution in [-0.2, 0) is 7.05 Å². The first kappa shape index (κ1) is 13.1. The molecule has 1 unspecified atom stereocenters. The summed E-state index contributed by atoms with van der Waals surface area (Å²) < 4.78 is 1.62. The Bertz CT molecular complexity index is 576. The van der Waals surface area contributed by atoms with E-state index in [1.807, 2.05) is 31.2 Å². The number of carbonyl (C=O) groups excluding carboxylic acids is 1. The van der Waals surface area contributed by atoms with Gasteiger partial charge in [0.2, 0.25) is 0 Å². The Morgan fingerprint density at radius 3 is 2.79 bits per heavy atom. The summed E-state index contributed by atoms with van der Waals surface area (Å²) in [6, 6.07) is 8.76. The van der Waals surface area contributed by atoms with Gasteiger partial charge in [0, 0.05) is 31.0 Å². The van der Waals surface area contributed by atoms with Crippen LogP contribution in [0.1, 0.15) is 18.5 Å². The molecule has 1 atom stereocenters. The van der Waals surface area contributed by atoms with E-state index in [0.29, 0.717) is 11.5 Å². The smallest absolute Gasteiger partial charge is 0.324 e. The number of anilines is 2. The molecule has 0 aliphatic rings. The van der Waals surface area contributed by atoms with Crippen molar-refractivity contribution in [1.29, 1.82) is 0 Å². The van der Waals surface area contributed by atoms with Gasteiger partial charge in [0.05, 0.1) is 0 Å². The van der Waals surface area contributed by atoms with Gasteiger partial charge in [-0.25, -0.2) is 4.79 Å². The van der Waals surface area contributed by atoms with Gasteiger partial charge < -0.3 is 11.1 Å². The van der Waals surface area contributed by atoms with Crippen LogP contribution in [0.2, 0.25) is 0 Å². The van der Waals surface area contributed by atoms with Crippen molar-refractivity contribution in [3.8, 4) is 0 Å². The van der Waals surface area contributed by atoms with Crippen LogP contribution in [0.5, 0.6) is 0 Å². The number of hydrogen-bond donors (Lipinski definition) is 3. The summed E-state index contributed by atoms with van der Waals surface area (Å²) >= 11 is 0. The molecule has 0 saturated heterocycles. The number of nitrogens with one attached hydrogen (secondary N) is 2. The fraction of sp³-hybridized carbons (Fsp3) is 0.231. The second-order valence-corrected chi connectivity index (χ2v) is 4.37. The predicted octanol–water partition coefficient (Wildman–Crippen LogP) is 2.08. The molecule has 6 heteroatoms. The van der Waals surface area contributed by atoms with E-state index >= 15 is 0 Å². The molecule has 0 aliphatic heterocycles. The van der Waals surface area contributed by atoms with Crippen molar-refractivity contribution in [3.05, 3.63) is 42.1 Å². The van der Waals surface area contributed by atoms with Gasteiger partial charge in [0.15, 0.2) is 5.82 Å². The Labute approximate surface area is 111 Å². The van der Waals surface area contributed by atoms with Crippen molar-refractivity contribution in [2.24, 2.45) is 12.8 Å². The lowest BCUT2D eigenvalue weighted by Crippen LogP contribution is -2.20. The number of nitrogens with zero attached hydrogens (tertiary/aromatic N) is 2. The van der Waals surface area contributed by atoms with Crippen LogP contribution >= 0.6 is 0 Å². The quantitative estimate of drug-likeness (QED) is 0.789. The number of hydrogen-bond acceptors (Lipinski definition) is 3. The third kappa shape index (κ3) is 3.56. The lowest BCUT2D eigenvalue weighted by Gasteiger charge is -2.09. The molecule has 6 nitrogen and oxygen atoms in total. The van der Waals surface area contributed by atoms with Crippen LogP contribution in [0.3, 0.4) is 0 Å². The zero-order chi connectivity index (χ0) is 13.8. The first-order valence-corrected chi connectivity index (χ1v) is 5.98. The molecule has 19 heavy (non-hydrogen) atoms. The van der Waals surface area contributed by atoms with Crippen molar-refractivity contribution in [1.82, 2.24) is 9.78 Å². The molecular formula is C13H17N5O. The lowest BCUT2D eigenvalue weighted by atomic mass is 10.1. The maximum atomic E-state index is 11.8. The summed E-state index contributed by atoms with van der Waals surface area (Å²) in [5.41, 5.74) is 7.46. The summed E-state index contributed by atoms with van der Waals surface area (Å²) in [4.78, 5) is 11.8. The van der Waals surface area contributed by atoms with Gasteiger partial charge in [0.25, 0.3) is 0 Å². The fourth-order valence-electron chi connectivity index (χ4n) is 1.66. The average molecular weight is 259 g/mol. The van der Waals surface area contributed by atoms with Crippen molar-refractivity contribution in [2.45, 2.75) is 13.0 Å². The van der Waals surface area contributed by atoms with E-state index in [1.165, 1.54) is 0 Å². The first-order chi connectivity index (χ1) is 9.04. The Morgan fingerprint density at radius 1 is 1.37 bits per heavy atom. The number of benzene rings is 1. The van der Waals surface area contributed by atoms with Crippen molar-refractivity contribution < 1.29 is 4.79 Å². The Morgan fingerprint density at radius 2 is 2.16 bits per heavy atom. The average Bonchev–Trinajstić information content (AvgIpc) is 2.74. The molecule has 1 aromatic carbocycles. The molecule has 0 fully saturated rings. The SMILES string of the molecule is CC(N)c1cccc(NC(=O)Nc2ccn(C)n2)c1. The van der Waals surface area contributed by atoms with Crippen molar-refractivity contribution >= 4 is 17.5 Å². The van der Waals surface area contributed by atoms with E-state index in [9.17, 15) is 4.79 Å². The minimum Gasteiger partial charge on any atom is -0.324 e. The predicted molar refractivity (Wildman–Crippen MR) is 74.9 cm³/mol. The number of aromatic nitrogens is 2. The highest BCUT2D eigenvalue weighted by molar-refractivity contribution is 5.99. The number of carbonyl (C=O) groups is 1. The van der Waals surface area contributed by atoms with E-state index < -0.39 is 0 Å². The molecule has 0 bridgehead atoms. The minimum absolute atomic E-state index is 0.0689. The standard InChI is InChI=1S/C13H17N5O/c1-9(14)10-4-3-5-11(8-10)15-13(19)16-12-6-7-18(2)17-12/h3-9H,14H2,1-2H3,(H2,15,16,17,19). The van der Waals surface area contributed by atoms with Crippen LogP contribution in [0.15, 0.2) is 36.5 Å². The molecule has 2 aromatic rings. The number of aryl methyl sites for hydroxylation is 1. The highest BCUT2D eigenvalue weighted by atomic mass is 16.2. The van der Waals surface area contributed by atoms with Gasteiger partial charge in [-0.05, 0) is 24.6 Å². The molecule has 100 valence electrons. The molecule has 0 aliphatic carbocycles. The second-order valence-electron chi connectivity index (χ2n) is 4.37. The monoisotopic (exact) mass is 259 g/mol. The number of amides is 2. The zero-order valence-electron chi connectivity index (χ0n) is 10.9. The summed E-state index contributed by atoms with van der Waals surface area (Å²) in [6.07, 6.45) is 1.76. The van der Waals surface area contributed by atoms with Gasteiger partial charge in [-0.1, -0.05) is 12.1 Å². The van der Waals surface area contributed by atoms with Gasteiger partial charge in [0.1, 0.15) is 0 Å². The summed E-state index contributed by atoms with van der Waals surface area (Å²) in [7, 11) is 1.79. The van der Waals surface area contributed by atoms with Crippen LogP contribution in [0.25, 0.3) is 0 Å². The maximum Gasteiger partial charge on any atom is 0.324 e. The highest BCUT2D eigenvalue weighted by Gasteiger charge is 2.06. The summed E-state index contributed by atoms with van der Waals surface area (Å²) in [5, 5.41) is 9.45. The zero-order valence-corrected chi connectivity index (χ0v) is 10.9. The van der Waals surface area contributed by atoms with Gasteiger partial charge in [-0.15, -0.1) is 0 Å². The van der Waals surface area contributed by atoms with E-state index in [2.05, 4.69) is 15.7 Å². The summed E-state index contributed by atoms with van der Waals surface area (Å²) in [5.74, 6) is 0.503. The molecule has 0 saturated carbocycles. The highest BCUT2D eigenvalue weighted by Crippen LogP contribution is 2.15. The number of rotatable bonds is 3. The molecule has 2 amide bonds. The van der Waals surface area contributed by atoms with E-state index in [1.54, 1.807) is 24.0 Å². The molecule has 0 spiro atoms. The normalized spacial score (nSPS) is 11.9. The van der Waals surface area contributed by atoms with Gasteiger partial charge in [-0.2, -0.15) is 5.10 Å². The summed E-state index contributed by atoms with van der Waals surface area (Å²) in [6.45, 7) is 1.90. The first-order valence-electron chi connectivity index (χ1n) is 5.98. The fourth-order valence-corrected chi connectivity index (χ4v) is 1.66. The van der Waals surface area contributed by atoms with Gasteiger partial charge in [-0.3, -0.25) is 10.00 Å². The van der Waals surface area contributed by atoms with Gasteiger partial charge >= 0.3 is 6.03 Å². The second kappa shape index (κ2) is 5.53. The Balaban J connectivity index is 2.00. The van der Waals surface area contributed by atoms with E-state index in [-0.39, 0.29) is 12.1 Å². The molecule has 4 N–H and O–H groups in total. The van der Waals surface area contributed by atoms with Crippen molar-refractivity contribution in [3.63, 3.8) is 0 Å². The minimum atomic E-state index is -0.333. The number of urea groups is 1. The van der Waals surface area contributed by atoms with E-state index in [0.717, 1.165) is 5.56 Å². The lowest BCUT2D eigenvalue weighted by molar-refractivity contribution is 0.262. The molecule has 1 heterocycles. The van der Waals surface area contributed by atoms with Crippen LogP contribution in [0.4, 0.5) is 16.3 Å². The largest absolute Gasteiger partial charge is 0.324 e. The number of nitrogens with two attached hydrogens (primary N) is 1. The molecular weight excluding hydrogens is 242 g/mol.